The van der Waals surface area contributed by atoms with Crippen LogP contribution in [0.15, 0.2) is 41.8 Å². The van der Waals surface area contributed by atoms with E-state index in [1.165, 1.54) is 12.4 Å². The summed E-state index contributed by atoms with van der Waals surface area (Å²) in [6, 6.07) is 6.82. The molecule has 1 N–H and O–H groups in total. The van der Waals surface area contributed by atoms with Gasteiger partial charge in [0.05, 0.1) is 32.6 Å². The molecule has 1 aromatic carbocycles. The van der Waals surface area contributed by atoms with Crippen molar-refractivity contribution in [2.24, 2.45) is 5.10 Å². The highest BCUT2D eigenvalue weighted by Gasteiger charge is 2.13. The smallest absolute Gasteiger partial charge is 0.272 e. The molecule has 0 unspecified atom stereocenters. The Kier molecular flexibility index (Phi) is 6.13. The quantitative estimate of drug-likeness (QED) is 0.622. The predicted octanol–water partition coefficient (Wildman–Crippen LogP) is 2.26. The molecule has 1 heterocycles. The van der Waals surface area contributed by atoms with E-state index in [1.807, 2.05) is 6.92 Å². The number of nitrogens with zero attached hydrogens (tertiary/aromatic N) is 2. The van der Waals surface area contributed by atoms with E-state index in [1.54, 1.807) is 44.7 Å². The maximum absolute atomic E-state index is 11.9. The van der Waals surface area contributed by atoms with Gasteiger partial charge >= 0.3 is 0 Å². The van der Waals surface area contributed by atoms with E-state index in [4.69, 9.17) is 14.2 Å². The van der Waals surface area contributed by atoms with E-state index in [2.05, 4.69) is 15.5 Å². The molecule has 0 aliphatic carbocycles. The second kappa shape index (κ2) is 8.52. The van der Waals surface area contributed by atoms with Gasteiger partial charge in [-0.3, -0.25) is 9.78 Å². The van der Waals surface area contributed by atoms with Crippen LogP contribution in [0.3, 0.4) is 0 Å². The lowest BCUT2D eigenvalue weighted by atomic mass is 10.2. The highest BCUT2D eigenvalue weighted by Crippen LogP contribution is 2.38. The molecule has 0 atom stereocenters. The number of methoxy groups -OCH3 is 2. The first-order valence-corrected chi connectivity index (χ1v) is 7.31. The number of nitrogens with one attached hydrogen (secondary N) is 1. The molecule has 0 aliphatic rings. The fourth-order valence-corrected chi connectivity index (χ4v) is 1.99. The van der Waals surface area contributed by atoms with Crippen LogP contribution in [0.25, 0.3) is 0 Å². The maximum Gasteiger partial charge on any atom is 0.272 e. The Hall–Kier alpha value is -3.09. The average molecular weight is 329 g/mol. The van der Waals surface area contributed by atoms with Gasteiger partial charge in [-0.2, -0.15) is 5.10 Å². The summed E-state index contributed by atoms with van der Waals surface area (Å²) < 4.78 is 16.2. The van der Waals surface area contributed by atoms with Crippen molar-refractivity contribution in [1.29, 1.82) is 0 Å². The van der Waals surface area contributed by atoms with E-state index >= 15 is 0 Å². The number of rotatable bonds is 7. The molecule has 0 bridgehead atoms. The molecule has 0 radical (unpaired) electrons. The van der Waals surface area contributed by atoms with Crippen LogP contribution >= 0.6 is 0 Å². The Balaban J connectivity index is 2.15. The summed E-state index contributed by atoms with van der Waals surface area (Å²) in [4.78, 5) is 15.8. The van der Waals surface area contributed by atoms with Crippen LogP contribution in [0.1, 0.15) is 22.8 Å². The van der Waals surface area contributed by atoms with Gasteiger partial charge in [0.2, 0.25) is 5.75 Å². The van der Waals surface area contributed by atoms with Gasteiger partial charge in [0.1, 0.15) is 0 Å². The number of amides is 1. The van der Waals surface area contributed by atoms with E-state index in [9.17, 15) is 4.79 Å². The standard InChI is InChI=1S/C17H19N3O4/c1-4-24-16-14(22-2)8-12(9-15(16)23-3)10-19-20-17(21)13-6-5-7-18-11-13/h5-11H,4H2,1-3H3,(H,20,21)/b19-10-. The van der Waals surface area contributed by atoms with E-state index in [0.717, 1.165) is 0 Å². The van der Waals surface area contributed by atoms with Gasteiger partial charge in [-0.25, -0.2) is 5.43 Å². The minimum atomic E-state index is -0.343. The first-order chi connectivity index (χ1) is 11.7. The van der Waals surface area contributed by atoms with Crippen molar-refractivity contribution in [3.05, 3.63) is 47.8 Å². The van der Waals surface area contributed by atoms with Gasteiger partial charge in [0.25, 0.3) is 5.91 Å². The SMILES string of the molecule is CCOc1c(OC)cc(/C=N\NC(=O)c2cccnc2)cc1OC. The van der Waals surface area contributed by atoms with Crippen LogP contribution in [0.2, 0.25) is 0 Å². The number of aromatic nitrogens is 1. The van der Waals surface area contributed by atoms with Crippen molar-refractivity contribution >= 4 is 12.1 Å². The minimum absolute atomic E-state index is 0.343. The number of hydrazone groups is 1. The van der Waals surface area contributed by atoms with Crippen LogP contribution in [0, 0.1) is 0 Å². The molecule has 7 nitrogen and oxygen atoms in total. The molecular weight excluding hydrogens is 310 g/mol. The molecule has 0 aliphatic heterocycles. The third-order valence-corrected chi connectivity index (χ3v) is 3.08. The zero-order chi connectivity index (χ0) is 17.4. The fourth-order valence-electron chi connectivity index (χ4n) is 1.99. The Morgan fingerprint density at radius 3 is 2.54 bits per heavy atom. The summed E-state index contributed by atoms with van der Waals surface area (Å²) in [6.45, 7) is 2.36. The number of hydrogen-bond acceptors (Lipinski definition) is 6. The molecule has 2 aromatic rings. The van der Waals surface area contributed by atoms with Gasteiger partial charge in [-0.05, 0) is 31.2 Å². The van der Waals surface area contributed by atoms with Crippen molar-refractivity contribution in [3.8, 4) is 17.2 Å². The monoisotopic (exact) mass is 329 g/mol. The van der Waals surface area contributed by atoms with Gasteiger partial charge in [0, 0.05) is 18.0 Å². The maximum atomic E-state index is 11.9. The molecule has 7 heteroatoms. The number of benzene rings is 1. The summed E-state index contributed by atoms with van der Waals surface area (Å²) in [5, 5.41) is 3.94. The Labute approximate surface area is 140 Å². The lowest BCUT2D eigenvalue weighted by Crippen LogP contribution is -2.17. The minimum Gasteiger partial charge on any atom is -0.493 e. The highest BCUT2D eigenvalue weighted by molar-refractivity contribution is 5.94. The molecule has 2 rings (SSSR count). The fraction of sp³-hybridized carbons (Fsp3) is 0.235. The normalized spacial score (nSPS) is 10.5. The number of ether oxygens (including phenoxy) is 3. The van der Waals surface area contributed by atoms with E-state index < -0.39 is 0 Å². The Morgan fingerprint density at radius 1 is 1.29 bits per heavy atom. The summed E-state index contributed by atoms with van der Waals surface area (Å²) in [7, 11) is 3.09. The third kappa shape index (κ3) is 4.22. The van der Waals surface area contributed by atoms with Crippen molar-refractivity contribution < 1.29 is 19.0 Å². The summed E-state index contributed by atoms with van der Waals surface area (Å²) in [6.07, 6.45) is 4.56. The number of carbonyl (C=O) groups is 1. The number of hydrogen-bond donors (Lipinski definition) is 1. The van der Waals surface area contributed by atoms with Crippen LogP contribution in [-0.4, -0.2) is 37.9 Å². The molecule has 24 heavy (non-hydrogen) atoms. The topological polar surface area (TPSA) is 82.0 Å². The van der Waals surface area contributed by atoms with Crippen molar-refractivity contribution in [3.63, 3.8) is 0 Å². The molecule has 0 spiro atoms. The van der Waals surface area contributed by atoms with Crippen molar-refractivity contribution in [2.45, 2.75) is 6.92 Å². The van der Waals surface area contributed by atoms with Crippen molar-refractivity contribution in [1.82, 2.24) is 10.4 Å². The molecule has 0 saturated heterocycles. The number of carbonyl (C=O) groups excluding carboxylic acids is 1. The largest absolute Gasteiger partial charge is 0.493 e. The highest BCUT2D eigenvalue weighted by atomic mass is 16.5. The Morgan fingerprint density at radius 2 is 2.00 bits per heavy atom. The lowest BCUT2D eigenvalue weighted by Gasteiger charge is -2.14. The summed E-state index contributed by atoms with van der Waals surface area (Å²) >= 11 is 0. The van der Waals surface area contributed by atoms with Crippen molar-refractivity contribution in [2.75, 3.05) is 20.8 Å². The molecule has 0 saturated carbocycles. The number of pyridine rings is 1. The first kappa shape index (κ1) is 17.3. The van der Waals surface area contributed by atoms with E-state index in [0.29, 0.717) is 35.0 Å². The second-order valence-electron chi connectivity index (χ2n) is 4.63. The second-order valence-corrected chi connectivity index (χ2v) is 4.63. The van der Waals surface area contributed by atoms with Crippen LogP contribution in [-0.2, 0) is 0 Å². The van der Waals surface area contributed by atoms with Gasteiger partial charge < -0.3 is 14.2 Å². The molecule has 1 aromatic heterocycles. The average Bonchev–Trinajstić information content (AvgIpc) is 2.63. The van der Waals surface area contributed by atoms with Crippen LogP contribution < -0.4 is 19.6 Å². The first-order valence-electron chi connectivity index (χ1n) is 7.31. The molecule has 0 fully saturated rings. The van der Waals surface area contributed by atoms with Gasteiger partial charge in [-0.15, -0.1) is 0 Å². The zero-order valence-electron chi connectivity index (χ0n) is 13.8. The van der Waals surface area contributed by atoms with Gasteiger partial charge in [-0.1, -0.05) is 0 Å². The molecule has 126 valence electrons. The molecular formula is C17H19N3O4. The Bertz CT molecular complexity index is 692. The molecule has 1 amide bonds. The lowest BCUT2D eigenvalue weighted by molar-refractivity contribution is 0.0955. The summed E-state index contributed by atoms with van der Waals surface area (Å²) in [5.74, 6) is 1.23. The van der Waals surface area contributed by atoms with E-state index in [-0.39, 0.29) is 5.91 Å². The van der Waals surface area contributed by atoms with Crippen LogP contribution in [0.5, 0.6) is 17.2 Å². The van der Waals surface area contributed by atoms with Crippen LogP contribution in [0.4, 0.5) is 0 Å². The van der Waals surface area contributed by atoms with Gasteiger partial charge in [0.15, 0.2) is 11.5 Å². The zero-order valence-corrected chi connectivity index (χ0v) is 13.8. The summed E-state index contributed by atoms with van der Waals surface area (Å²) in [5.41, 5.74) is 3.56. The predicted molar refractivity (Wildman–Crippen MR) is 90.0 cm³/mol. The third-order valence-electron chi connectivity index (χ3n) is 3.08.